The fourth-order valence-corrected chi connectivity index (χ4v) is 4.69. The van der Waals surface area contributed by atoms with Crippen LogP contribution in [0.2, 0.25) is 0 Å². The van der Waals surface area contributed by atoms with Crippen molar-refractivity contribution in [3.8, 4) is 11.5 Å². The van der Waals surface area contributed by atoms with E-state index in [0.717, 1.165) is 58.7 Å². The molecule has 38 heavy (non-hydrogen) atoms. The van der Waals surface area contributed by atoms with E-state index in [-0.39, 0.29) is 18.6 Å². The fraction of sp³-hybridized carbons (Fsp3) is 0.357. The predicted octanol–water partition coefficient (Wildman–Crippen LogP) is 4.57. The lowest BCUT2D eigenvalue weighted by molar-refractivity contribution is -0.136. The lowest BCUT2D eigenvalue weighted by Crippen LogP contribution is -2.40. The number of hydrogen-bond acceptors (Lipinski definition) is 9. The van der Waals surface area contributed by atoms with E-state index >= 15 is 0 Å². The molecule has 1 saturated heterocycles. The number of hydrogen-bond donors (Lipinski definition) is 1. The maximum atomic E-state index is 12.4. The van der Waals surface area contributed by atoms with Gasteiger partial charge in [0.25, 0.3) is 0 Å². The molecule has 1 atom stereocenters. The first-order valence-corrected chi connectivity index (χ1v) is 12.6. The number of nitrogens with one attached hydrogen (secondary N) is 1. The third-order valence-electron chi connectivity index (χ3n) is 6.51. The second-order valence-electron chi connectivity index (χ2n) is 9.32. The summed E-state index contributed by atoms with van der Waals surface area (Å²) < 4.78 is 22.3. The van der Waals surface area contributed by atoms with Crippen molar-refractivity contribution in [3.05, 3.63) is 65.8 Å². The topological polar surface area (TPSA) is 112 Å². The van der Waals surface area contributed by atoms with E-state index in [4.69, 9.17) is 18.7 Å². The van der Waals surface area contributed by atoms with Crippen molar-refractivity contribution in [3.63, 3.8) is 0 Å². The van der Waals surface area contributed by atoms with Gasteiger partial charge in [-0.1, -0.05) is 11.2 Å². The molecular weight excluding hydrogens is 486 g/mol. The molecule has 0 saturated carbocycles. The number of carbonyl (C=O) groups excluding carboxylic acids is 1. The molecule has 0 radical (unpaired) electrons. The molecule has 2 aromatic carbocycles. The molecule has 1 aliphatic heterocycles. The van der Waals surface area contributed by atoms with Gasteiger partial charge in [0.15, 0.2) is 0 Å². The van der Waals surface area contributed by atoms with Crippen LogP contribution in [0.15, 0.2) is 53.3 Å². The average Bonchev–Trinajstić information content (AvgIpc) is 3.56. The summed E-state index contributed by atoms with van der Waals surface area (Å²) in [5.74, 6) is 2.80. The van der Waals surface area contributed by atoms with Gasteiger partial charge in [0, 0.05) is 25.4 Å². The van der Waals surface area contributed by atoms with Crippen LogP contribution in [-0.4, -0.2) is 58.8 Å². The Hall–Kier alpha value is -4.18. The van der Waals surface area contributed by atoms with E-state index in [0.29, 0.717) is 24.8 Å². The van der Waals surface area contributed by atoms with Gasteiger partial charge in [-0.3, -0.25) is 4.79 Å². The summed E-state index contributed by atoms with van der Waals surface area (Å²) in [6.07, 6.45) is 3.37. The average molecular weight is 518 g/mol. The Kier molecular flexibility index (Phi) is 7.69. The normalized spacial score (nSPS) is 15.1. The van der Waals surface area contributed by atoms with Gasteiger partial charge in [0.1, 0.15) is 54.9 Å². The lowest BCUT2D eigenvalue weighted by atomic mass is 10.1. The highest BCUT2D eigenvalue weighted by molar-refractivity contribution is 5.95. The van der Waals surface area contributed by atoms with Crippen LogP contribution in [-0.2, 0) is 16.1 Å². The Labute approximate surface area is 220 Å². The number of amides is 1. The minimum Gasteiger partial charge on any atom is -0.491 e. The van der Waals surface area contributed by atoms with E-state index in [1.54, 1.807) is 0 Å². The van der Waals surface area contributed by atoms with Crippen molar-refractivity contribution in [2.45, 2.75) is 39.3 Å². The Morgan fingerprint density at radius 1 is 1.13 bits per heavy atom. The monoisotopic (exact) mass is 517 g/mol. The molecule has 10 heteroatoms. The van der Waals surface area contributed by atoms with Gasteiger partial charge in [0.05, 0.1) is 16.9 Å². The Morgan fingerprint density at radius 3 is 2.82 bits per heavy atom. The van der Waals surface area contributed by atoms with Crippen LogP contribution in [0.5, 0.6) is 11.5 Å². The molecule has 0 bridgehead atoms. The second kappa shape index (κ2) is 11.5. The van der Waals surface area contributed by atoms with Crippen molar-refractivity contribution >= 4 is 28.3 Å². The molecule has 2 aromatic heterocycles. The minimum atomic E-state index is -0.0128. The van der Waals surface area contributed by atoms with E-state index in [9.17, 15) is 4.79 Å². The first-order valence-electron chi connectivity index (χ1n) is 12.6. The van der Waals surface area contributed by atoms with Crippen LogP contribution in [0.25, 0.3) is 10.9 Å². The Balaban J connectivity index is 1.32. The van der Waals surface area contributed by atoms with Crippen LogP contribution in [0, 0.1) is 13.8 Å². The molecule has 5 rings (SSSR count). The SMILES string of the molecule is COCC(=O)N1CCCC1COc1cccc2ncnc(Nc3ccc(OCc4cc(C)on4)c(C)c3)c12. The number of rotatable bonds is 10. The van der Waals surface area contributed by atoms with Crippen molar-refractivity contribution in [1.82, 2.24) is 20.0 Å². The largest absolute Gasteiger partial charge is 0.491 e. The zero-order valence-corrected chi connectivity index (χ0v) is 21.8. The number of ether oxygens (including phenoxy) is 3. The van der Waals surface area contributed by atoms with E-state index in [1.165, 1.54) is 13.4 Å². The maximum absolute atomic E-state index is 12.4. The van der Waals surface area contributed by atoms with Crippen molar-refractivity contribution < 1.29 is 23.5 Å². The molecule has 1 N–H and O–H groups in total. The van der Waals surface area contributed by atoms with Gasteiger partial charge in [-0.25, -0.2) is 9.97 Å². The van der Waals surface area contributed by atoms with E-state index in [2.05, 4.69) is 20.4 Å². The molecule has 0 aliphatic carbocycles. The number of aryl methyl sites for hydroxylation is 2. The van der Waals surface area contributed by atoms with Gasteiger partial charge >= 0.3 is 0 Å². The van der Waals surface area contributed by atoms with Crippen molar-refractivity contribution in [2.75, 3.05) is 32.2 Å². The first-order chi connectivity index (χ1) is 18.5. The zero-order chi connectivity index (χ0) is 26.5. The van der Waals surface area contributed by atoms with Crippen LogP contribution in [0.3, 0.4) is 0 Å². The highest BCUT2D eigenvalue weighted by Crippen LogP contribution is 2.33. The van der Waals surface area contributed by atoms with Crippen LogP contribution >= 0.6 is 0 Å². The minimum absolute atomic E-state index is 0.00491. The molecular formula is C28H31N5O5. The number of likely N-dealkylation sites (tertiary alicyclic amines) is 1. The molecule has 1 fully saturated rings. The molecule has 1 aliphatic rings. The van der Waals surface area contributed by atoms with Crippen LogP contribution in [0.1, 0.15) is 29.9 Å². The highest BCUT2D eigenvalue weighted by atomic mass is 16.5. The van der Waals surface area contributed by atoms with Gasteiger partial charge in [-0.15, -0.1) is 0 Å². The van der Waals surface area contributed by atoms with Crippen LogP contribution in [0.4, 0.5) is 11.5 Å². The summed E-state index contributed by atoms with van der Waals surface area (Å²) >= 11 is 0. The number of nitrogens with zero attached hydrogens (tertiary/aromatic N) is 4. The van der Waals surface area contributed by atoms with Crippen LogP contribution < -0.4 is 14.8 Å². The van der Waals surface area contributed by atoms with Gasteiger partial charge in [-0.05, 0) is 62.6 Å². The molecule has 10 nitrogen and oxygen atoms in total. The zero-order valence-electron chi connectivity index (χ0n) is 21.8. The summed E-state index contributed by atoms with van der Waals surface area (Å²) in [4.78, 5) is 23.2. The quantitative estimate of drug-likeness (QED) is 0.323. The standard InChI is InChI=1S/C28H31N5O5/c1-18-12-20(9-10-24(18)36-14-21-13-19(2)38-32-21)31-28-27-23(29-17-30-28)7-4-8-25(27)37-15-22-6-5-11-33(22)26(34)16-35-3/h4,7-10,12-13,17,22H,5-6,11,14-16H2,1-3H3,(H,29,30,31). The molecule has 1 unspecified atom stereocenters. The summed E-state index contributed by atoms with van der Waals surface area (Å²) in [6, 6.07) is 13.4. The second-order valence-corrected chi connectivity index (χ2v) is 9.32. The number of anilines is 2. The molecule has 1 amide bonds. The first kappa shape index (κ1) is 25.5. The predicted molar refractivity (Wildman–Crippen MR) is 142 cm³/mol. The third kappa shape index (κ3) is 5.70. The number of carbonyl (C=O) groups is 1. The fourth-order valence-electron chi connectivity index (χ4n) is 4.69. The molecule has 0 spiro atoms. The number of aromatic nitrogens is 3. The summed E-state index contributed by atoms with van der Waals surface area (Å²) in [5.41, 5.74) is 3.33. The lowest BCUT2D eigenvalue weighted by Gasteiger charge is -2.25. The Bertz CT molecular complexity index is 1420. The number of methoxy groups -OCH3 is 1. The number of benzene rings is 2. The van der Waals surface area contributed by atoms with Gasteiger partial charge in [0.2, 0.25) is 5.91 Å². The molecule has 198 valence electrons. The van der Waals surface area contributed by atoms with E-state index < -0.39 is 0 Å². The maximum Gasteiger partial charge on any atom is 0.248 e. The summed E-state index contributed by atoms with van der Waals surface area (Å²) in [7, 11) is 1.53. The van der Waals surface area contributed by atoms with Gasteiger partial charge in [-0.2, -0.15) is 0 Å². The van der Waals surface area contributed by atoms with Crippen molar-refractivity contribution in [2.24, 2.45) is 0 Å². The van der Waals surface area contributed by atoms with Gasteiger partial charge < -0.3 is 29.0 Å². The highest BCUT2D eigenvalue weighted by Gasteiger charge is 2.29. The van der Waals surface area contributed by atoms with E-state index in [1.807, 2.05) is 61.2 Å². The summed E-state index contributed by atoms with van der Waals surface area (Å²) in [5, 5.41) is 8.16. The molecule has 3 heterocycles. The summed E-state index contributed by atoms with van der Waals surface area (Å²) in [6.45, 7) is 5.35. The molecule has 4 aromatic rings. The van der Waals surface area contributed by atoms with Crippen molar-refractivity contribution in [1.29, 1.82) is 0 Å². The Morgan fingerprint density at radius 2 is 2.03 bits per heavy atom. The number of fused-ring (bicyclic) bond motifs is 1. The third-order valence-corrected chi connectivity index (χ3v) is 6.51. The smallest absolute Gasteiger partial charge is 0.248 e.